The van der Waals surface area contributed by atoms with E-state index in [1.165, 1.54) is 6.20 Å². The van der Waals surface area contributed by atoms with Crippen molar-refractivity contribution in [2.75, 3.05) is 17.7 Å². The molecule has 2 aromatic heterocycles. The Kier molecular flexibility index (Phi) is 4.98. The maximum atomic E-state index is 15.7. The Morgan fingerprint density at radius 3 is 2.80 bits per heavy atom. The third kappa shape index (κ3) is 3.28. The van der Waals surface area contributed by atoms with Gasteiger partial charge in [0.15, 0.2) is 11.6 Å². The predicted molar refractivity (Wildman–Crippen MR) is 130 cm³/mol. The lowest BCUT2D eigenvalue weighted by Gasteiger charge is -2.39. The minimum Gasteiger partial charge on any atom is -0.487 e. The summed E-state index contributed by atoms with van der Waals surface area (Å²) in [5.74, 6) is -1.62. The molecule has 2 fully saturated rings. The second-order valence-corrected chi connectivity index (χ2v) is 10.0. The number of nitrogens with one attached hydrogen (secondary N) is 1. The summed E-state index contributed by atoms with van der Waals surface area (Å²) >= 11 is 0. The van der Waals surface area contributed by atoms with Gasteiger partial charge < -0.3 is 25.5 Å². The van der Waals surface area contributed by atoms with Crippen LogP contribution in [-0.4, -0.2) is 33.3 Å². The van der Waals surface area contributed by atoms with Crippen LogP contribution < -0.4 is 21.2 Å². The molecule has 3 aromatic rings. The first-order valence-corrected chi connectivity index (χ1v) is 12.1. The van der Waals surface area contributed by atoms with Crippen LogP contribution in [0.1, 0.15) is 66.9 Å². The number of rotatable bonds is 4. The van der Waals surface area contributed by atoms with E-state index in [1.54, 1.807) is 6.20 Å². The summed E-state index contributed by atoms with van der Waals surface area (Å²) < 4.78 is 23.8. The van der Waals surface area contributed by atoms with Crippen LogP contribution in [0.4, 0.5) is 15.8 Å². The van der Waals surface area contributed by atoms with Crippen LogP contribution in [0, 0.1) is 5.82 Å². The predicted octanol–water partition coefficient (Wildman–Crippen LogP) is 4.23. The molecule has 0 radical (unpaired) electrons. The number of carboxylic acid groups (broad SMARTS) is 1. The molecule has 3 heterocycles. The monoisotopic (exact) mass is 478 g/mol. The van der Waals surface area contributed by atoms with Crippen molar-refractivity contribution in [2.24, 2.45) is 0 Å². The van der Waals surface area contributed by atoms with Crippen molar-refractivity contribution in [3.8, 4) is 5.75 Å². The molecule has 35 heavy (non-hydrogen) atoms. The Bertz CT molecular complexity index is 1400. The number of nitrogen functional groups attached to an aromatic ring is 1. The maximum Gasteiger partial charge on any atom is 0.341 e. The number of nitrogens with two attached hydrogens (primary N) is 1. The van der Waals surface area contributed by atoms with Crippen molar-refractivity contribution < 1.29 is 19.0 Å². The number of carbonyl (C=O) groups is 1. The van der Waals surface area contributed by atoms with E-state index < -0.39 is 28.3 Å². The van der Waals surface area contributed by atoms with Crippen LogP contribution in [0.25, 0.3) is 10.9 Å². The molecule has 6 rings (SSSR count). The molecular weight excluding hydrogens is 451 g/mol. The molecule has 0 unspecified atom stereocenters. The lowest BCUT2D eigenvalue weighted by molar-refractivity contribution is 0.0692. The van der Waals surface area contributed by atoms with Crippen LogP contribution in [-0.2, 0) is 5.54 Å². The quantitative estimate of drug-likeness (QED) is 0.480. The van der Waals surface area contributed by atoms with Gasteiger partial charge >= 0.3 is 5.97 Å². The van der Waals surface area contributed by atoms with Crippen molar-refractivity contribution >= 4 is 28.2 Å². The minimum absolute atomic E-state index is 0.0194. The van der Waals surface area contributed by atoms with Crippen molar-refractivity contribution in [1.82, 2.24) is 9.55 Å². The number of ether oxygens (including phenoxy) is 1. The summed E-state index contributed by atoms with van der Waals surface area (Å²) in [5, 5.41) is 12.9. The second-order valence-electron chi connectivity index (χ2n) is 10.0. The van der Waals surface area contributed by atoms with Crippen LogP contribution in [0.15, 0.2) is 35.4 Å². The summed E-state index contributed by atoms with van der Waals surface area (Å²) in [6.07, 6.45) is 9.22. The van der Waals surface area contributed by atoms with E-state index in [4.69, 9.17) is 10.5 Å². The number of pyridine rings is 2. The van der Waals surface area contributed by atoms with Gasteiger partial charge in [0, 0.05) is 30.0 Å². The number of nitrogens with zero attached hydrogens (tertiary/aromatic N) is 2. The van der Waals surface area contributed by atoms with E-state index >= 15 is 4.39 Å². The third-order valence-corrected chi connectivity index (χ3v) is 8.02. The standard InChI is InChI=1S/C26H27FN4O4/c27-19-20(28)18-22-24(21(19)30-15-7-6-14(11-15)17-5-1-4-10-29-17)35-13-26(8-2-3-9-26)31(22)12-16(23(18)32)25(33)34/h1,4-5,10,12,14-15,30H,2-3,6-9,11,13,28H2,(H,33,34)/t14-,15+/m0/s1. The van der Waals surface area contributed by atoms with Crippen molar-refractivity contribution in [2.45, 2.75) is 62.4 Å². The highest BCUT2D eigenvalue weighted by molar-refractivity contribution is 6.03. The van der Waals surface area contributed by atoms with E-state index in [1.807, 2.05) is 22.8 Å². The molecule has 4 N–H and O–H groups in total. The van der Waals surface area contributed by atoms with Gasteiger partial charge in [0.05, 0.1) is 22.1 Å². The molecule has 1 aromatic carbocycles. The topological polar surface area (TPSA) is 119 Å². The van der Waals surface area contributed by atoms with E-state index in [9.17, 15) is 14.7 Å². The average Bonchev–Trinajstić information content (AvgIpc) is 3.52. The van der Waals surface area contributed by atoms with Gasteiger partial charge in [0.2, 0.25) is 5.43 Å². The summed E-state index contributed by atoms with van der Waals surface area (Å²) in [6.45, 7) is 0.288. The van der Waals surface area contributed by atoms with Crippen molar-refractivity contribution in [3.05, 3.63) is 57.9 Å². The van der Waals surface area contributed by atoms with Gasteiger partial charge in [-0.05, 0) is 44.2 Å². The largest absolute Gasteiger partial charge is 0.487 e. The summed E-state index contributed by atoms with van der Waals surface area (Å²) in [5.41, 5.74) is 5.74. The Morgan fingerprint density at radius 1 is 1.29 bits per heavy atom. The maximum absolute atomic E-state index is 15.7. The van der Waals surface area contributed by atoms with Gasteiger partial charge in [-0.15, -0.1) is 0 Å². The van der Waals surface area contributed by atoms with Crippen LogP contribution >= 0.6 is 0 Å². The van der Waals surface area contributed by atoms with E-state index in [2.05, 4.69) is 10.3 Å². The van der Waals surface area contributed by atoms with Crippen LogP contribution in [0.3, 0.4) is 0 Å². The van der Waals surface area contributed by atoms with Gasteiger partial charge in [-0.1, -0.05) is 18.9 Å². The number of fused-ring (bicyclic) bond motifs is 1. The minimum atomic E-state index is -1.35. The number of hydrogen-bond acceptors (Lipinski definition) is 6. The van der Waals surface area contributed by atoms with Gasteiger partial charge in [0.25, 0.3) is 0 Å². The lowest BCUT2D eigenvalue weighted by Crippen LogP contribution is -2.42. The van der Waals surface area contributed by atoms with E-state index in [-0.39, 0.29) is 41.1 Å². The Labute approximate surface area is 200 Å². The normalized spacial score (nSPS) is 22.4. The van der Waals surface area contributed by atoms with Gasteiger partial charge in [0.1, 0.15) is 17.9 Å². The highest BCUT2D eigenvalue weighted by atomic mass is 19.1. The van der Waals surface area contributed by atoms with Crippen LogP contribution in [0.2, 0.25) is 0 Å². The highest BCUT2D eigenvalue weighted by Crippen LogP contribution is 2.49. The Hall–Kier alpha value is -3.62. The molecule has 1 aliphatic heterocycles. The number of halogens is 1. The molecule has 0 saturated heterocycles. The fourth-order valence-corrected chi connectivity index (χ4v) is 6.24. The fourth-order valence-electron chi connectivity index (χ4n) is 6.24. The van der Waals surface area contributed by atoms with Gasteiger partial charge in [-0.3, -0.25) is 9.78 Å². The highest BCUT2D eigenvalue weighted by Gasteiger charge is 2.43. The smallest absolute Gasteiger partial charge is 0.341 e. The van der Waals surface area contributed by atoms with Crippen molar-refractivity contribution in [3.63, 3.8) is 0 Å². The number of benzene rings is 1. The van der Waals surface area contributed by atoms with E-state index in [0.717, 1.165) is 50.6 Å². The molecular formula is C26H27FN4O4. The molecule has 2 atom stereocenters. The Morgan fingerprint density at radius 2 is 2.09 bits per heavy atom. The fraction of sp³-hybridized carbons (Fsp3) is 0.423. The second kappa shape index (κ2) is 7.96. The SMILES string of the molecule is Nc1c(F)c(N[C@@H]2CC[C@H](c3ccccn3)C2)c2c3c1c(=O)c(C(=O)O)cn3C1(CCCC1)CO2. The first kappa shape index (κ1) is 21.9. The molecule has 182 valence electrons. The molecule has 8 nitrogen and oxygen atoms in total. The lowest BCUT2D eigenvalue weighted by atomic mass is 9.93. The zero-order valence-corrected chi connectivity index (χ0v) is 19.2. The Balaban J connectivity index is 1.48. The van der Waals surface area contributed by atoms with Gasteiger partial charge in [-0.2, -0.15) is 0 Å². The summed E-state index contributed by atoms with van der Waals surface area (Å²) in [7, 11) is 0. The number of anilines is 2. The molecule has 3 aliphatic rings. The molecule has 0 bridgehead atoms. The zero-order valence-electron chi connectivity index (χ0n) is 19.2. The number of aromatic nitrogens is 2. The summed E-state index contributed by atoms with van der Waals surface area (Å²) in [6, 6.07) is 5.84. The molecule has 9 heteroatoms. The average molecular weight is 479 g/mol. The summed E-state index contributed by atoms with van der Waals surface area (Å²) in [4.78, 5) is 29.5. The number of aromatic carboxylic acids is 1. The molecule has 2 aliphatic carbocycles. The first-order chi connectivity index (χ1) is 16.9. The van der Waals surface area contributed by atoms with Crippen LogP contribution in [0.5, 0.6) is 5.75 Å². The van der Waals surface area contributed by atoms with Crippen molar-refractivity contribution in [1.29, 1.82) is 0 Å². The first-order valence-electron chi connectivity index (χ1n) is 12.1. The third-order valence-electron chi connectivity index (χ3n) is 8.02. The van der Waals surface area contributed by atoms with E-state index in [0.29, 0.717) is 5.52 Å². The molecule has 2 saturated carbocycles. The number of hydrogen-bond donors (Lipinski definition) is 3. The van der Waals surface area contributed by atoms with Gasteiger partial charge in [-0.25, -0.2) is 9.18 Å². The molecule has 1 spiro atoms. The zero-order chi connectivity index (χ0) is 24.3. The number of carboxylic acids is 1. The molecule has 0 amide bonds.